The summed E-state index contributed by atoms with van der Waals surface area (Å²) in [6, 6.07) is 1.67. The predicted molar refractivity (Wildman–Crippen MR) is 476 cm³/mol. The van der Waals surface area contributed by atoms with Gasteiger partial charge in [0, 0.05) is 170 Å². The highest BCUT2D eigenvalue weighted by Crippen LogP contribution is 2.39. The number of amides is 4. The first kappa shape index (κ1) is 99.1. The lowest BCUT2D eigenvalue weighted by Gasteiger charge is -2.42. The van der Waals surface area contributed by atoms with Crippen LogP contribution in [0.4, 0.5) is 22.5 Å². The van der Waals surface area contributed by atoms with Crippen molar-refractivity contribution >= 4 is 86.9 Å². The molecule has 11 rings (SSSR count). The number of anilines is 3. The van der Waals surface area contributed by atoms with Gasteiger partial charge in [-0.25, -0.2) is 49.2 Å². The van der Waals surface area contributed by atoms with Gasteiger partial charge in [0.1, 0.15) is 59.7 Å². The monoisotopic (exact) mass is 1790 g/mol. The normalized spacial score (nSPS) is 26.8. The van der Waals surface area contributed by atoms with Gasteiger partial charge in [-0.2, -0.15) is 5.10 Å². The van der Waals surface area contributed by atoms with Gasteiger partial charge < -0.3 is 105 Å². The zero-order valence-electron chi connectivity index (χ0n) is 75.2. The maximum absolute atomic E-state index is 14.7. The Morgan fingerprint density at radius 2 is 1.41 bits per heavy atom. The van der Waals surface area contributed by atoms with Crippen LogP contribution >= 0.6 is 0 Å². The first-order valence-corrected chi connectivity index (χ1v) is 44.9. The van der Waals surface area contributed by atoms with Crippen molar-refractivity contribution in [1.29, 1.82) is 0 Å². The zero-order chi connectivity index (χ0) is 92.1. The minimum Gasteiger partial charge on any atom is -0.459 e. The minimum absolute atomic E-state index is 0.0104. The van der Waals surface area contributed by atoms with Crippen molar-refractivity contribution < 1.29 is 96.3 Å². The van der Waals surface area contributed by atoms with Crippen LogP contribution in [0.2, 0.25) is 0 Å². The number of alkyl carbamates (subject to hydrolysis) is 1. The average molecular weight is 1790 g/mol. The number of fused-ring (bicyclic) bond motifs is 5. The third-order valence-electron chi connectivity index (χ3n) is 24.6. The molecule has 15 atom stereocenters. The van der Waals surface area contributed by atoms with Gasteiger partial charge in [-0.05, 0) is 126 Å². The third-order valence-corrected chi connectivity index (χ3v) is 24.6. The van der Waals surface area contributed by atoms with E-state index in [0.29, 0.717) is 176 Å². The molecule has 129 heavy (non-hydrogen) atoms. The molecule has 4 amide bonds. The standard InChI is InChI=1S/C91H128N18O20/c1-56-16-10-9-11-17-57(2)72(121-7)47-67-21-19-61(6)91(120,129-67)81(115)86(117)108-28-14-12-18-69(108)87(118)127-73(48-70(110)58(3)43-60(5)79(113)80(114)78(112)59(4)42-56)68(92)44-62-20-22-71(74(45-62)122-8)128-90(119)102-51-63-49-98-88(99-50-63)106-30-32-107(33-31-106)89-100-53-66(54-101-89)85(116)96-27-35-124-37-39-126-41-40-125-38-36-123-34-24-75(111)94-25-13-15-29-109-84-76(82(93)103-55-104-84)77(105-109)65-46-64-23-26-95-83(64)97-52-65/h9-11,16-17,23,26,43,46,49-50,52-56,58-59,61-62,67-69,71-74,79-80,113-114,120H,12-15,18-22,24-25,27-42,44-45,47-48,51,92H2,1-8H3,(H,94,111)(H,95,97)(H,96,116)(H,102,119)(H2,93,103,104)/b11-9+,16-10+,57-17+,60-43+/t56-,58-,59-,61-,62+,67+,68-,69+,71-,72+,73+,74-,79-,80+,91-/m1/s1. The number of nitrogen functional groups attached to an aromatic ring is 1. The third kappa shape index (κ3) is 27.8. The number of aliphatic hydroxyl groups is 3. The van der Waals surface area contributed by atoms with Crippen molar-refractivity contribution in [1.82, 2.24) is 70.5 Å². The number of pyridine rings is 1. The number of aliphatic hydroxyl groups excluding tert-OH is 2. The summed E-state index contributed by atoms with van der Waals surface area (Å²) < 4.78 is 54.4. The number of methoxy groups -OCH3 is 2. The van der Waals surface area contributed by atoms with Crippen LogP contribution in [0.5, 0.6) is 0 Å². The SMILES string of the molecule is CO[C@H]1C[C@@H]2CC[C@@H](C)[C@@](O)(O2)C(=O)C(=O)N2CCCC[C@H]2C(=O)O[C@H]([C@H](N)C[C@@H]2CC[C@@H](OC(=O)NCc3cnc(N4CCN(c5ncc(C(=O)NCCOCCOCCOCCOCCC(=O)NCCCCn6nc(-c7cnc8[nH]ccc8c7)c7c(N)ncnc76)cn5)CC4)nc3)[C@H](OC)C2)CC(=O)[C@H](C)/C=C(\C)[C@@H](O)[C@@H](O)C(=O)[C@H](C)C[C@H](C)/C=C/C=C/C=C/1C. The number of nitrogens with one attached hydrogen (secondary N) is 4. The molecule has 6 aromatic heterocycles. The molecule has 6 aromatic rings. The van der Waals surface area contributed by atoms with Crippen molar-refractivity contribution in [2.24, 2.45) is 35.3 Å². The summed E-state index contributed by atoms with van der Waals surface area (Å²) in [6.45, 7) is 16.5. The van der Waals surface area contributed by atoms with Gasteiger partial charge in [-0.1, -0.05) is 64.2 Å². The van der Waals surface area contributed by atoms with Crippen LogP contribution in [0, 0.1) is 29.6 Å². The Morgan fingerprint density at radius 1 is 0.713 bits per heavy atom. The van der Waals surface area contributed by atoms with Crippen molar-refractivity contribution in [2.75, 3.05) is 128 Å². The second kappa shape index (κ2) is 48.9. The lowest BCUT2D eigenvalue weighted by Crippen LogP contribution is -2.61. The molecule has 2 bridgehead atoms. The van der Waals surface area contributed by atoms with E-state index in [1.54, 1.807) is 46.5 Å². The first-order chi connectivity index (χ1) is 62.2. The molecule has 38 nitrogen and oxygen atoms in total. The van der Waals surface area contributed by atoms with E-state index in [-0.39, 0.29) is 87.8 Å². The van der Waals surface area contributed by atoms with E-state index in [4.69, 9.17) is 59.2 Å². The Hall–Kier alpha value is -10.5. The lowest BCUT2D eigenvalue weighted by atomic mass is 9.80. The molecule has 1 saturated carbocycles. The second-order valence-corrected chi connectivity index (χ2v) is 34.1. The number of hydrogen-bond donors (Lipinski definition) is 9. The van der Waals surface area contributed by atoms with Crippen LogP contribution in [0.25, 0.3) is 33.3 Å². The number of nitrogens with two attached hydrogens (primary N) is 2. The number of esters is 1. The van der Waals surface area contributed by atoms with Crippen LogP contribution < -0.4 is 37.2 Å². The number of aromatic nitrogens is 10. The van der Waals surface area contributed by atoms with Crippen LogP contribution in [-0.2, 0) is 84.5 Å². The summed E-state index contributed by atoms with van der Waals surface area (Å²) >= 11 is 0. The molecule has 38 heteroatoms. The summed E-state index contributed by atoms with van der Waals surface area (Å²) in [5, 5.41) is 49.7. The number of piperazine rings is 1. The number of piperidine rings is 1. The fraction of sp³-hybridized carbons (Fsp3) is 0.604. The Bertz CT molecular complexity index is 4830. The van der Waals surface area contributed by atoms with Gasteiger partial charge in [0.2, 0.25) is 23.6 Å². The summed E-state index contributed by atoms with van der Waals surface area (Å²) in [4.78, 5) is 150. The van der Waals surface area contributed by atoms with E-state index in [2.05, 4.69) is 55.8 Å². The predicted octanol–water partition coefficient (Wildman–Crippen LogP) is 6.11. The van der Waals surface area contributed by atoms with Crippen LogP contribution in [0.15, 0.2) is 103 Å². The maximum atomic E-state index is 14.7. The van der Waals surface area contributed by atoms with E-state index in [0.717, 1.165) is 39.9 Å². The van der Waals surface area contributed by atoms with Crippen LogP contribution in [-0.4, -0.2) is 290 Å². The molecule has 4 aliphatic heterocycles. The molecule has 5 aliphatic rings. The minimum atomic E-state index is -2.52. The van der Waals surface area contributed by atoms with E-state index in [9.17, 15) is 53.7 Å². The highest BCUT2D eigenvalue weighted by Gasteiger charge is 2.53. The van der Waals surface area contributed by atoms with Crippen molar-refractivity contribution in [3.63, 3.8) is 0 Å². The van der Waals surface area contributed by atoms with Crippen molar-refractivity contribution in [3.8, 4) is 11.3 Å². The smallest absolute Gasteiger partial charge is 0.407 e. The largest absolute Gasteiger partial charge is 0.459 e. The molecule has 4 fully saturated rings. The number of carbonyl (C=O) groups is 8. The summed E-state index contributed by atoms with van der Waals surface area (Å²) in [6.07, 6.45) is 19.4. The number of allylic oxidation sites excluding steroid dienone is 6. The molecule has 702 valence electrons. The van der Waals surface area contributed by atoms with Gasteiger partial charge in [-0.3, -0.25) is 28.8 Å². The number of aromatic amines is 1. The van der Waals surface area contributed by atoms with Gasteiger partial charge >= 0.3 is 12.1 Å². The maximum Gasteiger partial charge on any atom is 0.407 e. The second-order valence-electron chi connectivity index (χ2n) is 34.1. The molecular weight excluding hydrogens is 1670 g/mol. The number of carbonyl (C=O) groups excluding carboxylic acids is 8. The average Bonchev–Trinajstić information content (AvgIpc) is 1.71. The molecule has 0 unspecified atom stereocenters. The van der Waals surface area contributed by atoms with Gasteiger partial charge in [0.25, 0.3) is 17.6 Å². The van der Waals surface area contributed by atoms with E-state index in [1.165, 1.54) is 38.8 Å². The van der Waals surface area contributed by atoms with Gasteiger partial charge in [-0.15, -0.1) is 0 Å². The number of Topliss-reactive ketones (excluding diaryl/α,β-unsaturated/α-hetero) is 3. The molecule has 11 N–H and O–H groups in total. The Kier molecular flexibility index (Phi) is 37.6. The first-order valence-electron chi connectivity index (χ1n) is 44.9. The molecule has 0 spiro atoms. The Morgan fingerprint density at radius 3 is 2.12 bits per heavy atom. The highest BCUT2D eigenvalue weighted by atomic mass is 16.6. The Balaban J connectivity index is 0.558. The van der Waals surface area contributed by atoms with Gasteiger partial charge in [0.15, 0.2) is 11.4 Å². The zero-order valence-corrected chi connectivity index (χ0v) is 75.2. The summed E-state index contributed by atoms with van der Waals surface area (Å²) in [5.41, 5.74) is 18.2. The van der Waals surface area contributed by atoms with Crippen molar-refractivity contribution in [2.45, 2.75) is 212 Å². The number of rotatable bonds is 32. The highest BCUT2D eigenvalue weighted by molar-refractivity contribution is 6.39. The quantitative estimate of drug-likeness (QED) is 0.00995. The number of ether oxygens (including phenoxy) is 9. The molecule has 0 radical (unpaired) electrons. The molecular formula is C91H128N18O20. The van der Waals surface area contributed by atoms with Crippen LogP contribution in [0.3, 0.4) is 0 Å². The molecule has 10 heterocycles. The molecule has 3 saturated heterocycles. The fourth-order valence-electron chi connectivity index (χ4n) is 16.9. The number of ketones is 3. The number of aryl methyl sites for hydroxylation is 1. The summed E-state index contributed by atoms with van der Waals surface area (Å²) in [5.74, 6) is -8.52. The summed E-state index contributed by atoms with van der Waals surface area (Å²) in [7, 11) is 3.06. The van der Waals surface area contributed by atoms with Crippen LogP contribution in [0.1, 0.15) is 154 Å². The molecule has 0 aromatic carbocycles. The van der Waals surface area contributed by atoms with E-state index >= 15 is 0 Å². The number of hydrogen-bond acceptors (Lipinski definition) is 32. The molecule has 1 aliphatic carbocycles. The fourth-order valence-corrected chi connectivity index (χ4v) is 16.9. The number of nitrogens with zero attached hydrogens (tertiary/aromatic N) is 12. The van der Waals surface area contributed by atoms with Crippen molar-refractivity contribution in [3.05, 3.63) is 114 Å². The van der Waals surface area contributed by atoms with E-state index < -0.39 is 120 Å². The van der Waals surface area contributed by atoms with E-state index in [1.807, 2.05) is 77.0 Å². The number of cyclic esters (lactones) is 1. The number of H-pyrrole nitrogens is 1. The topological polar surface area (TPSA) is 502 Å². The van der Waals surface area contributed by atoms with Gasteiger partial charge in [0.05, 0.1) is 82.1 Å². The lowest BCUT2D eigenvalue weighted by molar-refractivity contribution is -0.265. The number of unbranched alkanes of at least 4 members (excludes halogenated alkanes) is 1. The Labute approximate surface area is 751 Å².